The molecular formula is C11H15NO3. The van der Waals surface area contributed by atoms with Gasteiger partial charge in [0.15, 0.2) is 0 Å². The molecule has 0 aromatic carbocycles. The van der Waals surface area contributed by atoms with Crippen molar-refractivity contribution < 1.29 is 14.6 Å². The Hall–Kier alpha value is -1.42. The monoisotopic (exact) mass is 209 g/mol. The van der Waals surface area contributed by atoms with E-state index >= 15 is 0 Å². The van der Waals surface area contributed by atoms with Crippen LogP contribution in [0.15, 0.2) is 24.4 Å². The minimum absolute atomic E-state index is 0.252. The first-order valence-corrected chi connectivity index (χ1v) is 4.90. The summed E-state index contributed by atoms with van der Waals surface area (Å²) >= 11 is 0. The van der Waals surface area contributed by atoms with E-state index in [-0.39, 0.29) is 6.61 Å². The number of hydrogen-bond donors (Lipinski definition) is 1. The molecule has 1 heterocycles. The van der Waals surface area contributed by atoms with Gasteiger partial charge in [0.05, 0.1) is 19.1 Å². The molecule has 0 amide bonds. The first kappa shape index (κ1) is 11.7. The second-order valence-electron chi connectivity index (χ2n) is 3.39. The fourth-order valence-corrected chi connectivity index (χ4v) is 1.05. The average Bonchev–Trinajstić information content (AvgIpc) is 2.25. The molecule has 1 aromatic heterocycles. The molecule has 0 bridgehead atoms. The Labute approximate surface area is 88.9 Å². The predicted molar refractivity (Wildman–Crippen MR) is 55.6 cm³/mol. The van der Waals surface area contributed by atoms with Crippen LogP contribution < -0.4 is 0 Å². The van der Waals surface area contributed by atoms with Crippen molar-refractivity contribution in [1.29, 1.82) is 0 Å². The van der Waals surface area contributed by atoms with E-state index in [1.807, 2.05) is 18.2 Å². The lowest BCUT2D eigenvalue weighted by atomic mass is 10.2. The number of carboxylic acid groups (broad SMARTS) is 1. The fourth-order valence-electron chi connectivity index (χ4n) is 1.05. The van der Waals surface area contributed by atoms with Gasteiger partial charge in [-0.05, 0) is 19.1 Å². The van der Waals surface area contributed by atoms with E-state index in [9.17, 15) is 4.79 Å². The summed E-state index contributed by atoms with van der Waals surface area (Å²) in [6, 6.07) is 5.70. The lowest BCUT2D eigenvalue weighted by Gasteiger charge is -2.06. The number of carbonyl (C=O) groups is 1. The molecule has 1 unspecified atom stereocenters. The Morgan fingerprint density at radius 2 is 2.40 bits per heavy atom. The second-order valence-corrected chi connectivity index (χ2v) is 3.39. The summed E-state index contributed by atoms with van der Waals surface area (Å²) < 4.78 is 5.24. The van der Waals surface area contributed by atoms with Gasteiger partial charge in [-0.1, -0.05) is 6.07 Å². The summed E-state index contributed by atoms with van der Waals surface area (Å²) in [6.45, 7) is 2.39. The Morgan fingerprint density at radius 1 is 1.60 bits per heavy atom. The number of aromatic nitrogens is 1. The van der Waals surface area contributed by atoms with E-state index < -0.39 is 11.9 Å². The van der Waals surface area contributed by atoms with Gasteiger partial charge in [0.1, 0.15) is 0 Å². The van der Waals surface area contributed by atoms with E-state index in [0.717, 1.165) is 5.69 Å². The predicted octanol–water partition coefficient (Wildman–Crippen LogP) is 1.36. The van der Waals surface area contributed by atoms with E-state index in [2.05, 4.69) is 4.98 Å². The maximum absolute atomic E-state index is 10.5. The summed E-state index contributed by atoms with van der Waals surface area (Å²) in [4.78, 5) is 14.6. The number of nitrogens with zero attached hydrogens (tertiary/aromatic N) is 1. The number of rotatable bonds is 6. The van der Waals surface area contributed by atoms with Gasteiger partial charge in [0.2, 0.25) is 0 Å². The molecule has 0 aliphatic carbocycles. The molecule has 0 aliphatic heterocycles. The molecule has 0 radical (unpaired) electrons. The lowest BCUT2D eigenvalue weighted by Crippen LogP contribution is -2.17. The molecular weight excluding hydrogens is 194 g/mol. The number of ether oxygens (including phenoxy) is 1. The minimum Gasteiger partial charge on any atom is -0.481 e. The lowest BCUT2D eigenvalue weighted by molar-refractivity contribution is -0.143. The maximum atomic E-state index is 10.5. The summed E-state index contributed by atoms with van der Waals surface area (Å²) in [6.07, 6.45) is 2.45. The van der Waals surface area contributed by atoms with E-state index in [4.69, 9.17) is 9.84 Å². The number of hydrogen-bond acceptors (Lipinski definition) is 3. The van der Waals surface area contributed by atoms with Gasteiger partial charge in [0.25, 0.3) is 0 Å². The fraction of sp³-hybridized carbons (Fsp3) is 0.455. The van der Waals surface area contributed by atoms with Gasteiger partial charge in [0, 0.05) is 18.3 Å². The van der Waals surface area contributed by atoms with Crippen molar-refractivity contribution in [1.82, 2.24) is 4.98 Å². The van der Waals surface area contributed by atoms with Crippen LogP contribution in [0.25, 0.3) is 0 Å². The number of pyridine rings is 1. The van der Waals surface area contributed by atoms with Crippen molar-refractivity contribution >= 4 is 5.97 Å². The molecule has 1 rings (SSSR count). The first-order chi connectivity index (χ1) is 7.20. The van der Waals surface area contributed by atoms with Crippen LogP contribution in [0.3, 0.4) is 0 Å². The molecule has 1 atom stereocenters. The Bertz CT molecular complexity index is 300. The smallest absolute Gasteiger partial charge is 0.308 e. The van der Waals surface area contributed by atoms with Crippen molar-refractivity contribution in [2.45, 2.75) is 13.3 Å². The Balaban J connectivity index is 2.15. The van der Waals surface area contributed by atoms with Gasteiger partial charge in [-0.2, -0.15) is 0 Å². The third-order valence-electron chi connectivity index (χ3n) is 2.02. The third kappa shape index (κ3) is 4.56. The van der Waals surface area contributed by atoms with Crippen molar-refractivity contribution in [3.63, 3.8) is 0 Å². The SMILES string of the molecule is CC(COCCc1ccccn1)C(=O)O. The van der Waals surface area contributed by atoms with Crippen LogP contribution in [-0.2, 0) is 16.0 Å². The van der Waals surface area contributed by atoms with Crippen molar-refractivity contribution in [3.05, 3.63) is 30.1 Å². The zero-order chi connectivity index (χ0) is 11.1. The molecule has 15 heavy (non-hydrogen) atoms. The summed E-state index contributed by atoms with van der Waals surface area (Å²) in [7, 11) is 0. The molecule has 82 valence electrons. The zero-order valence-corrected chi connectivity index (χ0v) is 8.72. The standard InChI is InChI=1S/C11H15NO3/c1-9(11(13)14)8-15-7-5-10-4-2-3-6-12-10/h2-4,6,9H,5,7-8H2,1H3,(H,13,14). The average molecular weight is 209 g/mol. The van der Waals surface area contributed by atoms with E-state index in [1.54, 1.807) is 13.1 Å². The quantitative estimate of drug-likeness (QED) is 0.719. The van der Waals surface area contributed by atoms with Crippen molar-refractivity contribution in [2.75, 3.05) is 13.2 Å². The highest BCUT2D eigenvalue weighted by Gasteiger charge is 2.10. The zero-order valence-electron chi connectivity index (χ0n) is 8.72. The molecule has 0 fully saturated rings. The summed E-state index contributed by atoms with van der Waals surface area (Å²) in [5.41, 5.74) is 0.959. The Morgan fingerprint density at radius 3 is 3.00 bits per heavy atom. The Kier molecular flexibility index (Phi) is 4.77. The van der Waals surface area contributed by atoms with Crippen LogP contribution in [-0.4, -0.2) is 29.3 Å². The van der Waals surface area contributed by atoms with E-state index in [1.165, 1.54) is 0 Å². The number of aliphatic carboxylic acids is 1. The van der Waals surface area contributed by atoms with Gasteiger partial charge in [-0.25, -0.2) is 0 Å². The van der Waals surface area contributed by atoms with Crippen molar-refractivity contribution in [2.24, 2.45) is 5.92 Å². The number of carboxylic acids is 1. The molecule has 4 nitrogen and oxygen atoms in total. The highest BCUT2D eigenvalue weighted by Crippen LogP contribution is 1.98. The summed E-state index contributed by atoms with van der Waals surface area (Å²) in [5, 5.41) is 8.61. The largest absolute Gasteiger partial charge is 0.481 e. The molecule has 0 saturated carbocycles. The van der Waals surface area contributed by atoms with Gasteiger partial charge in [-0.15, -0.1) is 0 Å². The van der Waals surface area contributed by atoms with E-state index in [0.29, 0.717) is 13.0 Å². The molecule has 0 spiro atoms. The van der Waals surface area contributed by atoms with Gasteiger partial charge in [-0.3, -0.25) is 9.78 Å². The molecule has 4 heteroatoms. The van der Waals surface area contributed by atoms with Crippen LogP contribution in [0.5, 0.6) is 0 Å². The summed E-state index contributed by atoms with van der Waals surface area (Å²) in [5.74, 6) is -1.28. The van der Waals surface area contributed by atoms with Crippen molar-refractivity contribution in [3.8, 4) is 0 Å². The highest BCUT2D eigenvalue weighted by atomic mass is 16.5. The molecule has 1 aromatic rings. The van der Waals surface area contributed by atoms with Crippen LogP contribution in [0.1, 0.15) is 12.6 Å². The van der Waals surface area contributed by atoms with Crippen LogP contribution >= 0.6 is 0 Å². The van der Waals surface area contributed by atoms with Gasteiger partial charge >= 0.3 is 5.97 Å². The molecule has 1 N–H and O–H groups in total. The second kappa shape index (κ2) is 6.14. The molecule has 0 saturated heterocycles. The first-order valence-electron chi connectivity index (χ1n) is 4.90. The third-order valence-corrected chi connectivity index (χ3v) is 2.02. The highest BCUT2D eigenvalue weighted by molar-refractivity contribution is 5.69. The van der Waals surface area contributed by atoms with Crippen LogP contribution in [0.2, 0.25) is 0 Å². The topological polar surface area (TPSA) is 59.4 Å². The maximum Gasteiger partial charge on any atom is 0.308 e. The minimum atomic E-state index is -0.826. The molecule has 0 aliphatic rings. The van der Waals surface area contributed by atoms with Crippen LogP contribution in [0, 0.1) is 5.92 Å². The normalized spacial score (nSPS) is 12.3. The van der Waals surface area contributed by atoms with Gasteiger partial charge < -0.3 is 9.84 Å². The van der Waals surface area contributed by atoms with Crippen LogP contribution in [0.4, 0.5) is 0 Å².